The molecule has 1 saturated heterocycles. The third-order valence-corrected chi connectivity index (χ3v) is 5.31. The molecule has 1 fully saturated rings. The van der Waals surface area contributed by atoms with Crippen molar-refractivity contribution < 1.29 is 14.3 Å². The van der Waals surface area contributed by atoms with Crippen LogP contribution in [0.15, 0.2) is 48.5 Å². The van der Waals surface area contributed by atoms with Crippen molar-refractivity contribution in [2.45, 2.75) is 38.3 Å². The molecule has 0 aromatic heterocycles. The Morgan fingerprint density at radius 3 is 2.57 bits per heavy atom. The number of para-hydroxylation sites is 1. The van der Waals surface area contributed by atoms with E-state index < -0.39 is 0 Å². The Labute approximate surface area is 167 Å². The molecule has 1 unspecified atom stereocenters. The van der Waals surface area contributed by atoms with Gasteiger partial charge in [-0.05, 0) is 31.0 Å². The molecule has 3 rings (SSSR count). The molecule has 0 radical (unpaired) electrons. The van der Waals surface area contributed by atoms with Gasteiger partial charge in [0, 0.05) is 31.1 Å². The van der Waals surface area contributed by atoms with E-state index in [1.165, 1.54) is 5.56 Å². The van der Waals surface area contributed by atoms with Crippen molar-refractivity contribution >= 4 is 5.91 Å². The van der Waals surface area contributed by atoms with Gasteiger partial charge < -0.3 is 14.8 Å². The largest absolute Gasteiger partial charge is 0.493 e. The first-order valence-electron chi connectivity index (χ1n) is 9.98. The molecule has 1 heterocycles. The number of ether oxygens (including phenoxy) is 2. The minimum absolute atomic E-state index is 0.0233. The number of methoxy groups -OCH3 is 2. The molecule has 5 heteroatoms. The highest BCUT2D eigenvalue weighted by Gasteiger charge is 2.25. The highest BCUT2D eigenvalue weighted by molar-refractivity contribution is 5.76. The zero-order valence-corrected chi connectivity index (χ0v) is 16.8. The van der Waals surface area contributed by atoms with Gasteiger partial charge in [0.1, 0.15) is 0 Å². The van der Waals surface area contributed by atoms with Gasteiger partial charge in [-0.1, -0.05) is 48.9 Å². The predicted octanol–water partition coefficient (Wildman–Crippen LogP) is 3.94. The number of hydrogen-bond acceptors (Lipinski definition) is 4. The van der Waals surface area contributed by atoms with Crippen LogP contribution in [0.4, 0.5) is 0 Å². The summed E-state index contributed by atoms with van der Waals surface area (Å²) >= 11 is 0. The van der Waals surface area contributed by atoms with Crippen LogP contribution in [-0.2, 0) is 11.3 Å². The Bertz CT molecular complexity index is 764. The Kier molecular flexibility index (Phi) is 7.31. The molecule has 2 aromatic rings. The molecular weight excluding hydrogens is 352 g/mol. The maximum absolute atomic E-state index is 12.5. The van der Waals surface area contributed by atoms with Gasteiger partial charge in [-0.25, -0.2) is 0 Å². The zero-order chi connectivity index (χ0) is 19.8. The second-order valence-electron chi connectivity index (χ2n) is 7.16. The monoisotopic (exact) mass is 382 g/mol. The zero-order valence-electron chi connectivity index (χ0n) is 16.8. The number of nitrogens with one attached hydrogen (secondary N) is 1. The third kappa shape index (κ3) is 5.04. The van der Waals surface area contributed by atoms with Crippen LogP contribution in [0.2, 0.25) is 0 Å². The lowest BCUT2D eigenvalue weighted by atomic mass is 9.99. The normalized spacial score (nSPS) is 18.9. The first-order chi connectivity index (χ1) is 13.7. The fourth-order valence-electron chi connectivity index (χ4n) is 3.87. The molecule has 1 N–H and O–H groups in total. The van der Waals surface area contributed by atoms with Crippen LogP contribution in [0.5, 0.6) is 11.5 Å². The topological polar surface area (TPSA) is 50.8 Å². The number of benzene rings is 2. The van der Waals surface area contributed by atoms with E-state index in [2.05, 4.69) is 28.4 Å². The van der Waals surface area contributed by atoms with Crippen molar-refractivity contribution in [1.82, 2.24) is 10.2 Å². The molecule has 1 amide bonds. The summed E-state index contributed by atoms with van der Waals surface area (Å²) < 4.78 is 11.1. The summed E-state index contributed by atoms with van der Waals surface area (Å²) in [5, 5.41) is 3.07. The molecule has 150 valence electrons. The standard InChI is InChI=1S/C23H30N2O3/c1-27-21-13-9-12-19(23(21)28-2)17-25-15-8-4-7-14-24-22(26)16-20(25)18-10-5-3-6-11-18/h3,5-6,9-13,20H,4,7-8,14-17H2,1-2H3,(H,24,26). The Hall–Kier alpha value is -2.53. The van der Waals surface area contributed by atoms with Gasteiger partial charge in [0.2, 0.25) is 5.91 Å². The summed E-state index contributed by atoms with van der Waals surface area (Å²) in [5.74, 6) is 1.60. The molecule has 1 atom stereocenters. The third-order valence-electron chi connectivity index (χ3n) is 5.31. The highest BCUT2D eigenvalue weighted by atomic mass is 16.5. The summed E-state index contributed by atoms with van der Waals surface area (Å²) in [5.41, 5.74) is 2.24. The maximum Gasteiger partial charge on any atom is 0.221 e. The summed E-state index contributed by atoms with van der Waals surface area (Å²) in [6, 6.07) is 16.3. The summed E-state index contributed by atoms with van der Waals surface area (Å²) in [4.78, 5) is 14.9. The van der Waals surface area contributed by atoms with Crippen LogP contribution in [0.25, 0.3) is 0 Å². The number of amides is 1. The van der Waals surface area contributed by atoms with Crippen molar-refractivity contribution in [3.8, 4) is 11.5 Å². The molecule has 0 spiro atoms. The predicted molar refractivity (Wildman–Crippen MR) is 111 cm³/mol. The lowest BCUT2D eigenvalue weighted by Crippen LogP contribution is -2.36. The summed E-state index contributed by atoms with van der Waals surface area (Å²) in [6.45, 7) is 2.41. The van der Waals surface area contributed by atoms with Crippen LogP contribution >= 0.6 is 0 Å². The van der Waals surface area contributed by atoms with Gasteiger partial charge in [-0.15, -0.1) is 0 Å². The Morgan fingerprint density at radius 2 is 1.82 bits per heavy atom. The molecule has 5 nitrogen and oxygen atoms in total. The molecule has 2 aromatic carbocycles. The first kappa shape index (κ1) is 20.2. The van der Waals surface area contributed by atoms with E-state index in [-0.39, 0.29) is 11.9 Å². The SMILES string of the molecule is COc1cccc(CN2CCCCCNC(=O)CC2c2ccccc2)c1OC. The average molecular weight is 383 g/mol. The van der Waals surface area contributed by atoms with E-state index >= 15 is 0 Å². The number of carbonyl (C=O) groups excluding carboxylic acids is 1. The van der Waals surface area contributed by atoms with Crippen LogP contribution in [0.3, 0.4) is 0 Å². The minimum Gasteiger partial charge on any atom is -0.493 e. The highest BCUT2D eigenvalue weighted by Crippen LogP contribution is 2.34. The van der Waals surface area contributed by atoms with E-state index in [0.29, 0.717) is 13.0 Å². The summed E-state index contributed by atoms with van der Waals surface area (Å²) in [7, 11) is 3.33. The van der Waals surface area contributed by atoms with Gasteiger partial charge in [-0.2, -0.15) is 0 Å². The molecule has 28 heavy (non-hydrogen) atoms. The number of hydrogen-bond donors (Lipinski definition) is 1. The second kappa shape index (κ2) is 10.1. The van der Waals surface area contributed by atoms with Crippen molar-refractivity contribution in [2.24, 2.45) is 0 Å². The van der Waals surface area contributed by atoms with E-state index in [0.717, 1.165) is 49.4 Å². The van der Waals surface area contributed by atoms with Crippen LogP contribution in [-0.4, -0.2) is 38.1 Å². The second-order valence-corrected chi connectivity index (χ2v) is 7.16. The number of rotatable bonds is 5. The van der Waals surface area contributed by atoms with Gasteiger partial charge in [0.05, 0.1) is 14.2 Å². The van der Waals surface area contributed by atoms with Gasteiger partial charge >= 0.3 is 0 Å². The van der Waals surface area contributed by atoms with Crippen molar-refractivity contribution in [2.75, 3.05) is 27.3 Å². The average Bonchev–Trinajstić information content (AvgIpc) is 2.74. The van der Waals surface area contributed by atoms with Crippen molar-refractivity contribution in [3.05, 3.63) is 59.7 Å². The Balaban J connectivity index is 1.94. The van der Waals surface area contributed by atoms with Gasteiger partial charge in [0.15, 0.2) is 11.5 Å². The Morgan fingerprint density at radius 1 is 1.00 bits per heavy atom. The first-order valence-corrected chi connectivity index (χ1v) is 9.98. The quantitative estimate of drug-likeness (QED) is 0.851. The summed E-state index contributed by atoms with van der Waals surface area (Å²) in [6.07, 6.45) is 3.69. The molecule has 0 saturated carbocycles. The number of carbonyl (C=O) groups is 1. The maximum atomic E-state index is 12.5. The van der Waals surface area contributed by atoms with E-state index in [1.54, 1.807) is 14.2 Å². The fourth-order valence-corrected chi connectivity index (χ4v) is 3.87. The lowest BCUT2D eigenvalue weighted by Gasteiger charge is -2.33. The molecule has 0 aliphatic carbocycles. The van der Waals surface area contributed by atoms with Gasteiger partial charge in [0.25, 0.3) is 0 Å². The molecular formula is C23H30N2O3. The minimum atomic E-state index is 0.0233. The van der Waals surface area contributed by atoms with E-state index in [1.807, 2.05) is 30.3 Å². The molecule has 1 aliphatic rings. The van der Waals surface area contributed by atoms with E-state index in [9.17, 15) is 4.79 Å². The van der Waals surface area contributed by atoms with Crippen LogP contribution in [0.1, 0.15) is 42.9 Å². The molecule has 1 aliphatic heterocycles. The lowest BCUT2D eigenvalue weighted by molar-refractivity contribution is -0.122. The van der Waals surface area contributed by atoms with Gasteiger partial charge in [-0.3, -0.25) is 9.69 Å². The van der Waals surface area contributed by atoms with Crippen molar-refractivity contribution in [3.63, 3.8) is 0 Å². The molecule has 0 bridgehead atoms. The van der Waals surface area contributed by atoms with Crippen LogP contribution in [0, 0.1) is 0 Å². The smallest absolute Gasteiger partial charge is 0.221 e. The van der Waals surface area contributed by atoms with Crippen molar-refractivity contribution in [1.29, 1.82) is 0 Å². The van der Waals surface area contributed by atoms with E-state index in [4.69, 9.17) is 9.47 Å². The van der Waals surface area contributed by atoms with Crippen LogP contribution < -0.4 is 14.8 Å². The number of nitrogens with zero attached hydrogens (tertiary/aromatic N) is 1. The fraction of sp³-hybridized carbons (Fsp3) is 0.435.